The van der Waals surface area contributed by atoms with Crippen LogP contribution in [0.3, 0.4) is 0 Å². The van der Waals surface area contributed by atoms with Crippen LogP contribution in [-0.4, -0.2) is 34.3 Å². The number of rotatable bonds is 1. The first-order valence-electron chi connectivity index (χ1n) is 7.01. The molecule has 1 aromatic heterocycles. The van der Waals surface area contributed by atoms with Crippen molar-refractivity contribution >= 4 is 5.82 Å². The van der Waals surface area contributed by atoms with E-state index in [1.165, 1.54) is 24.1 Å². The smallest absolute Gasteiger partial charge is 0.135 e. The van der Waals surface area contributed by atoms with Gasteiger partial charge in [0.15, 0.2) is 0 Å². The average molecular weight is 247 g/mol. The fraction of sp³-hybridized carbons (Fsp3) is 0.714. The molecule has 1 aromatic rings. The number of aromatic nitrogens is 2. The van der Waals surface area contributed by atoms with Gasteiger partial charge in [0.2, 0.25) is 0 Å². The second kappa shape index (κ2) is 4.84. The molecule has 1 fully saturated rings. The summed E-state index contributed by atoms with van der Waals surface area (Å²) in [5.41, 5.74) is 2.59. The number of aryl methyl sites for hydroxylation is 1. The molecule has 0 bridgehead atoms. The molecular formula is C14H21N3O. The zero-order valence-corrected chi connectivity index (χ0v) is 11.0. The number of fused-ring (bicyclic) bond motifs is 1. The summed E-state index contributed by atoms with van der Waals surface area (Å²) in [4.78, 5) is 11.3. The van der Waals surface area contributed by atoms with E-state index in [1.807, 2.05) is 0 Å². The molecule has 1 aliphatic heterocycles. The van der Waals surface area contributed by atoms with E-state index in [1.54, 1.807) is 6.33 Å². The minimum absolute atomic E-state index is 0.154. The van der Waals surface area contributed by atoms with Gasteiger partial charge in [-0.25, -0.2) is 9.97 Å². The van der Waals surface area contributed by atoms with Crippen LogP contribution < -0.4 is 4.90 Å². The first kappa shape index (κ1) is 11.9. The lowest BCUT2D eigenvalue weighted by Gasteiger charge is -2.36. The number of aliphatic hydroxyl groups is 1. The Bertz CT molecular complexity index is 435. The third-order valence-corrected chi connectivity index (χ3v) is 4.26. The molecule has 18 heavy (non-hydrogen) atoms. The predicted molar refractivity (Wildman–Crippen MR) is 70.7 cm³/mol. The zero-order valence-electron chi connectivity index (χ0n) is 11.0. The Labute approximate surface area is 108 Å². The molecule has 0 amide bonds. The molecule has 4 nitrogen and oxygen atoms in total. The van der Waals surface area contributed by atoms with Crippen LogP contribution in [0.15, 0.2) is 6.33 Å². The number of piperidine rings is 1. The molecule has 0 spiro atoms. The van der Waals surface area contributed by atoms with Crippen molar-refractivity contribution < 1.29 is 5.11 Å². The Hall–Kier alpha value is -1.16. The summed E-state index contributed by atoms with van der Waals surface area (Å²) >= 11 is 0. The van der Waals surface area contributed by atoms with Crippen LogP contribution >= 0.6 is 0 Å². The standard InChI is InChI=1S/C14H21N3O/c1-10-8-17(7-6-13(10)18)14-11-4-2-3-5-12(11)15-9-16-14/h9-10,13,18H,2-8H2,1H3. The molecule has 1 N–H and O–H groups in total. The molecule has 0 saturated carbocycles. The van der Waals surface area contributed by atoms with Crippen LogP contribution in [0.5, 0.6) is 0 Å². The minimum atomic E-state index is -0.154. The van der Waals surface area contributed by atoms with Gasteiger partial charge in [0.05, 0.1) is 6.10 Å². The van der Waals surface area contributed by atoms with Crippen molar-refractivity contribution in [1.29, 1.82) is 0 Å². The normalized spacial score (nSPS) is 28.0. The zero-order chi connectivity index (χ0) is 12.5. The van der Waals surface area contributed by atoms with E-state index in [4.69, 9.17) is 0 Å². The first-order chi connectivity index (χ1) is 8.75. The monoisotopic (exact) mass is 247 g/mol. The van der Waals surface area contributed by atoms with Crippen LogP contribution in [0.2, 0.25) is 0 Å². The Balaban J connectivity index is 1.88. The molecular weight excluding hydrogens is 226 g/mol. The van der Waals surface area contributed by atoms with Crippen LogP contribution in [-0.2, 0) is 12.8 Å². The summed E-state index contributed by atoms with van der Waals surface area (Å²) in [5.74, 6) is 1.45. The van der Waals surface area contributed by atoms with Crippen molar-refractivity contribution in [2.45, 2.75) is 45.1 Å². The largest absolute Gasteiger partial charge is 0.393 e. The third kappa shape index (κ3) is 2.09. The summed E-state index contributed by atoms with van der Waals surface area (Å²) in [5, 5.41) is 9.82. The number of nitrogens with zero attached hydrogens (tertiary/aromatic N) is 3. The van der Waals surface area contributed by atoms with Crippen molar-refractivity contribution in [2.75, 3.05) is 18.0 Å². The van der Waals surface area contributed by atoms with Gasteiger partial charge in [-0.2, -0.15) is 0 Å². The van der Waals surface area contributed by atoms with Gasteiger partial charge in [0.1, 0.15) is 12.1 Å². The second-order valence-electron chi connectivity index (χ2n) is 5.61. The van der Waals surface area contributed by atoms with Crippen LogP contribution in [0, 0.1) is 5.92 Å². The molecule has 2 heterocycles. The summed E-state index contributed by atoms with van der Waals surface area (Å²) in [7, 11) is 0. The lowest BCUT2D eigenvalue weighted by molar-refractivity contribution is 0.0968. The predicted octanol–water partition coefficient (Wildman–Crippen LogP) is 1.56. The van der Waals surface area contributed by atoms with E-state index in [-0.39, 0.29) is 6.10 Å². The maximum absolute atomic E-state index is 9.82. The Morgan fingerprint density at radius 1 is 1.28 bits per heavy atom. The van der Waals surface area contributed by atoms with Gasteiger partial charge in [-0.15, -0.1) is 0 Å². The maximum atomic E-state index is 9.82. The Morgan fingerprint density at radius 3 is 2.94 bits per heavy atom. The molecule has 3 rings (SSSR count). The van der Waals surface area contributed by atoms with Crippen molar-refractivity contribution in [3.63, 3.8) is 0 Å². The second-order valence-corrected chi connectivity index (χ2v) is 5.61. The Kier molecular flexibility index (Phi) is 3.20. The molecule has 0 aromatic carbocycles. The summed E-state index contributed by atoms with van der Waals surface area (Å²) in [6.07, 6.45) is 7.10. The van der Waals surface area contributed by atoms with Crippen LogP contribution in [0.4, 0.5) is 5.82 Å². The molecule has 98 valence electrons. The lowest BCUT2D eigenvalue weighted by atomic mass is 9.93. The van der Waals surface area contributed by atoms with Crippen molar-refractivity contribution in [1.82, 2.24) is 9.97 Å². The summed E-state index contributed by atoms with van der Waals surface area (Å²) < 4.78 is 0. The van der Waals surface area contributed by atoms with Crippen molar-refractivity contribution in [2.24, 2.45) is 5.92 Å². The van der Waals surface area contributed by atoms with E-state index < -0.39 is 0 Å². The van der Waals surface area contributed by atoms with Crippen LogP contribution in [0.25, 0.3) is 0 Å². The molecule has 0 radical (unpaired) electrons. The number of hydrogen-bond acceptors (Lipinski definition) is 4. The molecule has 2 atom stereocenters. The summed E-state index contributed by atoms with van der Waals surface area (Å²) in [6, 6.07) is 0. The minimum Gasteiger partial charge on any atom is -0.393 e. The number of aliphatic hydroxyl groups excluding tert-OH is 1. The van der Waals surface area contributed by atoms with Crippen molar-refractivity contribution in [3.05, 3.63) is 17.6 Å². The van der Waals surface area contributed by atoms with Gasteiger partial charge in [0, 0.05) is 24.3 Å². The molecule has 2 aliphatic rings. The highest BCUT2D eigenvalue weighted by molar-refractivity contribution is 5.50. The average Bonchev–Trinajstić information content (AvgIpc) is 2.41. The quantitative estimate of drug-likeness (QED) is 0.818. The lowest BCUT2D eigenvalue weighted by Crippen LogP contribution is -2.43. The maximum Gasteiger partial charge on any atom is 0.135 e. The summed E-state index contributed by atoms with van der Waals surface area (Å²) in [6.45, 7) is 3.93. The SMILES string of the molecule is CC1CN(c2ncnc3c2CCCC3)CCC1O. The van der Waals surface area contributed by atoms with Gasteiger partial charge in [0.25, 0.3) is 0 Å². The highest BCUT2D eigenvalue weighted by atomic mass is 16.3. The Morgan fingerprint density at radius 2 is 2.11 bits per heavy atom. The molecule has 1 aliphatic carbocycles. The molecule has 1 saturated heterocycles. The van der Waals surface area contributed by atoms with Crippen LogP contribution in [0.1, 0.15) is 37.4 Å². The highest BCUT2D eigenvalue weighted by Crippen LogP contribution is 2.29. The topological polar surface area (TPSA) is 49.2 Å². The number of hydrogen-bond donors (Lipinski definition) is 1. The van der Waals surface area contributed by atoms with E-state index in [9.17, 15) is 5.11 Å². The van der Waals surface area contributed by atoms with Gasteiger partial charge in [-0.05, 0) is 38.0 Å². The van der Waals surface area contributed by atoms with Crippen molar-refractivity contribution in [3.8, 4) is 0 Å². The molecule has 4 heteroatoms. The van der Waals surface area contributed by atoms with Gasteiger partial charge in [-0.1, -0.05) is 6.92 Å². The fourth-order valence-electron chi connectivity index (χ4n) is 3.10. The van der Waals surface area contributed by atoms with Gasteiger partial charge < -0.3 is 10.0 Å². The number of anilines is 1. The fourth-order valence-corrected chi connectivity index (χ4v) is 3.10. The van der Waals surface area contributed by atoms with E-state index in [2.05, 4.69) is 21.8 Å². The first-order valence-corrected chi connectivity index (χ1v) is 7.01. The third-order valence-electron chi connectivity index (χ3n) is 4.26. The van der Waals surface area contributed by atoms with E-state index >= 15 is 0 Å². The van der Waals surface area contributed by atoms with E-state index in [0.29, 0.717) is 5.92 Å². The van der Waals surface area contributed by atoms with Gasteiger partial charge in [-0.3, -0.25) is 0 Å². The van der Waals surface area contributed by atoms with E-state index in [0.717, 1.165) is 38.2 Å². The molecule has 2 unspecified atom stereocenters. The highest BCUT2D eigenvalue weighted by Gasteiger charge is 2.27. The van der Waals surface area contributed by atoms with Gasteiger partial charge >= 0.3 is 0 Å².